The van der Waals surface area contributed by atoms with Gasteiger partial charge in [-0.05, 0) is 18.9 Å². The van der Waals surface area contributed by atoms with E-state index in [1.165, 1.54) is 6.07 Å². The van der Waals surface area contributed by atoms with Crippen molar-refractivity contribution in [2.75, 3.05) is 0 Å². The Morgan fingerprint density at radius 2 is 1.52 bits per heavy atom. The summed E-state index contributed by atoms with van der Waals surface area (Å²) in [6, 6.07) is 6.22. The van der Waals surface area contributed by atoms with Gasteiger partial charge in [-0.1, -0.05) is 44.2 Å². The fraction of sp³-hybridized carbons (Fsp3) is 0.556. The number of nitro groups is 1. The van der Waals surface area contributed by atoms with Crippen LogP contribution in [-0.2, 0) is 20.9 Å². The van der Waals surface area contributed by atoms with Gasteiger partial charge in [-0.15, -0.1) is 0 Å². The first-order valence-electron chi connectivity index (χ1n) is 8.60. The van der Waals surface area contributed by atoms with Crippen LogP contribution < -0.4 is 0 Å². The maximum atomic E-state index is 11.7. The van der Waals surface area contributed by atoms with Crippen molar-refractivity contribution in [3.05, 3.63) is 39.9 Å². The molecule has 1 N–H and O–H groups in total. The molecule has 0 aliphatic heterocycles. The number of carbonyl (C=O) groups is 2. The van der Waals surface area contributed by atoms with Gasteiger partial charge in [-0.25, -0.2) is 0 Å². The topological polar surface area (TPSA) is 107 Å². The molecule has 0 unspecified atom stereocenters. The van der Waals surface area contributed by atoms with Gasteiger partial charge in [-0.2, -0.15) is 0 Å². The number of benzene rings is 1. The van der Waals surface area contributed by atoms with E-state index in [4.69, 9.17) is 9.84 Å². The number of rotatable bonds is 13. The Balaban J connectivity index is 2.08. The monoisotopic (exact) mass is 351 g/mol. The number of carbonyl (C=O) groups excluding carboxylic acids is 1. The molecule has 1 aromatic carbocycles. The van der Waals surface area contributed by atoms with Gasteiger partial charge in [0.1, 0.15) is 6.61 Å². The number of aliphatic carboxylic acids is 1. The lowest BCUT2D eigenvalue weighted by Crippen LogP contribution is -2.06. The lowest BCUT2D eigenvalue weighted by Gasteiger charge is -2.06. The lowest BCUT2D eigenvalue weighted by molar-refractivity contribution is -0.385. The van der Waals surface area contributed by atoms with Gasteiger partial charge in [-0.3, -0.25) is 19.7 Å². The number of carboxylic acids is 1. The Kier molecular flexibility index (Phi) is 9.89. The molecular weight excluding hydrogens is 326 g/mol. The summed E-state index contributed by atoms with van der Waals surface area (Å²) in [5.74, 6) is -1.10. The molecule has 7 nitrogen and oxygen atoms in total. The second-order valence-electron chi connectivity index (χ2n) is 5.92. The number of nitro benzene ring substituents is 1. The molecule has 0 saturated carbocycles. The third-order valence-electron chi connectivity index (χ3n) is 3.85. The van der Waals surface area contributed by atoms with E-state index < -0.39 is 10.9 Å². The van der Waals surface area contributed by atoms with Crippen LogP contribution in [0.15, 0.2) is 24.3 Å². The molecular formula is C18H25NO6. The fourth-order valence-corrected chi connectivity index (χ4v) is 2.47. The number of para-hydroxylation sites is 1. The standard InChI is InChI=1S/C18H25NO6/c20-17(21)12-6-4-2-1-3-5-7-13-18(22)25-14-15-10-8-9-11-16(15)19(23)24/h8-11H,1-7,12-14H2,(H,20,21). The molecule has 0 spiro atoms. The van der Waals surface area contributed by atoms with Crippen molar-refractivity contribution in [2.24, 2.45) is 0 Å². The Labute approximate surface area is 147 Å². The maximum Gasteiger partial charge on any atom is 0.306 e. The molecule has 1 aromatic rings. The zero-order valence-corrected chi connectivity index (χ0v) is 14.3. The SMILES string of the molecule is O=C(O)CCCCCCCCCC(=O)OCc1ccccc1[N+](=O)[O-]. The molecule has 0 bridgehead atoms. The van der Waals surface area contributed by atoms with Crippen LogP contribution in [-0.4, -0.2) is 22.0 Å². The summed E-state index contributed by atoms with van der Waals surface area (Å²) in [7, 11) is 0. The summed E-state index contributed by atoms with van der Waals surface area (Å²) in [4.78, 5) is 32.4. The minimum atomic E-state index is -0.751. The van der Waals surface area contributed by atoms with E-state index in [9.17, 15) is 19.7 Å². The molecule has 0 radical (unpaired) electrons. The van der Waals surface area contributed by atoms with E-state index in [1.54, 1.807) is 18.2 Å². The number of hydrogen-bond donors (Lipinski definition) is 1. The Morgan fingerprint density at radius 3 is 2.12 bits per heavy atom. The largest absolute Gasteiger partial charge is 0.481 e. The average Bonchev–Trinajstić information content (AvgIpc) is 2.58. The van der Waals surface area contributed by atoms with Gasteiger partial charge in [0.2, 0.25) is 0 Å². The van der Waals surface area contributed by atoms with Crippen LogP contribution >= 0.6 is 0 Å². The molecule has 0 aromatic heterocycles. The Bertz CT molecular complexity index is 572. The van der Waals surface area contributed by atoms with E-state index in [1.807, 2.05) is 0 Å². The average molecular weight is 351 g/mol. The minimum Gasteiger partial charge on any atom is -0.481 e. The molecule has 0 saturated heterocycles. The van der Waals surface area contributed by atoms with Crippen LogP contribution in [0.1, 0.15) is 63.4 Å². The number of unbranched alkanes of at least 4 members (excludes halogenated alkanes) is 6. The van der Waals surface area contributed by atoms with E-state index in [0.717, 1.165) is 38.5 Å². The van der Waals surface area contributed by atoms with Gasteiger partial charge in [0.05, 0.1) is 10.5 Å². The summed E-state index contributed by atoms with van der Waals surface area (Å²) >= 11 is 0. The fourth-order valence-electron chi connectivity index (χ4n) is 2.47. The first kappa shape index (κ1) is 20.6. The summed E-state index contributed by atoms with van der Waals surface area (Å²) < 4.78 is 5.10. The lowest BCUT2D eigenvalue weighted by atomic mass is 10.1. The second kappa shape index (κ2) is 12.0. The van der Waals surface area contributed by atoms with Crippen LogP contribution in [0, 0.1) is 10.1 Å². The summed E-state index contributed by atoms with van der Waals surface area (Å²) in [6.45, 7) is -0.0838. The number of ether oxygens (including phenoxy) is 1. The predicted molar refractivity (Wildman–Crippen MR) is 92.1 cm³/mol. The summed E-state index contributed by atoms with van der Waals surface area (Å²) in [6.07, 6.45) is 6.86. The molecule has 1 rings (SSSR count). The van der Waals surface area contributed by atoms with Gasteiger partial charge < -0.3 is 9.84 Å². The van der Waals surface area contributed by atoms with Crippen molar-refractivity contribution >= 4 is 17.6 Å². The molecule has 0 atom stereocenters. The van der Waals surface area contributed by atoms with E-state index >= 15 is 0 Å². The van der Waals surface area contributed by atoms with Crippen molar-refractivity contribution in [3.63, 3.8) is 0 Å². The number of esters is 1. The quantitative estimate of drug-likeness (QED) is 0.247. The van der Waals surface area contributed by atoms with Crippen molar-refractivity contribution < 1.29 is 24.4 Å². The second-order valence-corrected chi connectivity index (χ2v) is 5.92. The van der Waals surface area contributed by atoms with E-state index in [-0.39, 0.29) is 24.7 Å². The molecule has 0 amide bonds. The first-order chi connectivity index (χ1) is 12.0. The van der Waals surface area contributed by atoms with E-state index in [0.29, 0.717) is 18.4 Å². The molecule has 138 valence electrons. The zero-order valence-electron chi connectivity index (χ0n) is 14.3. The normalized spacial score (nSPS) is 10.4. The highest BCUT2D eigenvalue weighted by Crippen LogP contribution is 2.19. The summed E-state index contributed by atoms with van der Waals surface area (Å²) in [5, 5.41) is 19.4. The number of carboxylic acid groups (broad SMARTS) is 1. The highest BCUT2D eigenvalue weighted by Gasteiger charge is 2.13. The Morgan fingerprint density at radius 1 is 0.960 bits per heavy atom. The highest BCUT2D eigenvalue weighted by atomic mass is 16.6. The molecule has 0 fully saturated rings. The molecule has 0 aliphatic rings. The molecule has 0 aliphatic carbocycles. The molecule has 0 heterocycles. The van der Waals surface area contributed by atoms with Crippen LogP contribution in [0.25, 0.3) is 0 Å². The van der Waals surface area contributed by atoms with E-state index in [2.05, 4.69) is 0 Å². The van der Waals surface area contributed by atoms with Crippen molar-refractivity contribution in [1.82, 2.24) is 0 Å². The van der Waals surface area contributed by atoms with Crippen molar-refractivity contribution in [2.45, 2.75) is 64.4 Å². The van der Waals surface area contributed by atoms with Gasteiger partial charge in [0, 0.05) is 18.9 Å². The maximum absolute atomic E-state index is 11.7. The Hall–Kier alpha value is -2.44. The van der Waals surface area contributed by atoms with Crippen molar-refractivity contribution in [1.29, 1.82) is 0 Å². The third kappa shape index (κ3) is 9.44. The predicted octanol–water partition coefficient (Wildman–Crippen LogP) is 4.23. The summed E-state index contributed by atoms with van der Waals surface area (Å²) in [5.41, 5.74) is 0.348. The molecule has 25 heavy (non-hydrogen) atoms. The van der Waals surface area contributed by atoms with Gasteiger partial charge in [0.15, 0.2) is 0 Å². The van der Waals surface area contributed by atoms with Crippen LogP contribution in [0.3, 0.4) is 0 Å². The smallest absolute Gasteiger partial charge is 0.306 e. The van der Waals surface area contributed by atoms with Crippen LogP contribution in [0.5, 0.6) is 0 Å². The third-order valence-corrected chi connectivity index (χ3v) is 3.85. The van der Waals surface area contributed by atoms with Crippen LogP contribution in [0.2, 0.25) is 0 Å². The molecule has 7 heteroatoms. The van der Waals surface area contributed by atoms with Gasteiger partial charge >= 0.3 is 11.9 Å². The van der Waals surface area contributed by atoms with Crippen LogP contribution in [0.4, 0.5) is 5.69 Å². The highest BCUT2D eigenvalue weighted by molar-refractivity contribution is 5.69. The minimum absolute atomic E-state index is 0.0433. The van der Waals surface area contributed by atoms with Gasteiger partial charge in [0.25, 0.3) is 5.69 Å². The number of hydrogen-bond acceptors (Lipinski definition) is 5. The zero-order chi connectivity index (χ0) is 18.5. The first-order valence-corrected chi connectivity index (χ1v) is 8.60. The number of nitrogens with zero attached hydrogens (tertiary/aromatic N) is 1. The van der Waals surface area contributed by atoms with Crippen molar-refractivity contribution in [3.8, 4) is 0 Å².